The molecule has 1 atom stereocenters. The molecule has 1 unspecified atom stereocenters. The van der Waals surface area contributed by atoms with E-state index in [1.165, 1.54) is 16.5 Å². The van der Waals surface area contributed by atoms with E-state index in [4.69, 9.17) is 17.3 Å². The lowest BCUT2D eigenvalue weighted by atomic mass is 10.1. The first-order valence-electron chi connectivity index (χ1n) is 5.64. The molecule has 2 aromatic rings. The number of fused-ring (bicyclic) bond motifs is 1. The number of rotatable bonds is 3. The van der Waals surface area contributed by atoms with Crippen LogP contribution in [0.4, 0.5) is 0 Å². The van der Waals surface area contributed by atoms with Gasteiger partial charge in [0, 0.05) is 34.7 Å². The summed E-state index contributed by atoms with van der Waals surface area (Å²) in [5.41, 5.74) is 8.37. The summed E-state index contributed by atoms with van der Waals surface area (Å²) in [6.45, 7) is 5.12. The normalized spacial score (nSPS) is 13.2. The van der Waals surface area contributed by atoms with Crippen LogP contribution in [0.2, 0.25) is 5.02 Å². The Morgan fingerprint density at radius 3 is 2.81 bits per heavy atom. The zero-order chi connectivity index (χ0) is 11.7. The Morgan fingerprint density at radius 2 is 2.19 bits per heavy atom. The van der Waals surface area contributed by atoms with E-state index in [0.717, 1.165) is 18.0 Å². The van der Waals surface area contributed by atoms with Crippen molar-refractivity contribution >= 4 is 22.5 Å². The van der Waals surface area contributed by atoms with Gasteiger partial charge in [0.15, 0.2) is 0 Å². The Balaban J connectivity index is 2.58. The van der Waals surface area contributed by atoms with Crippen LogP contribution < -0.4 is 5.73 Å². The summed E-state index contributed by atoms with van der Waals surface area (Å²) >= 11 is 6.02. The molecule has 1 aromatic carbocycles. The third-order valence-corrected chi connectivity index (χ3v) is 3.04. The van der Waals surface area contributed by atoms with Gasteiger partial charge in [-0.15, -0.1) is 0 Å². The minimum Gasteiger partial charge on any atom is -0.347 e. The van der Waals surface area contributed by atoms with E-state index in [-0.39, 0.29) is 6.04 Å². The first-order valence-corrected chi connectivity index (χ1v) is 6.02. The van der Waals surface area contributed by atoms with Gasteiger partial charge in [0.05, 0.1) is 0 Å². The molecule has 3 heteroatoms. The van der Waals surface area contributed by atoms with Crippen LogP contribution in [0.25, 0.3) is 10.9 Å². The maximum Gasteiger partial charge on any atom is 0.0497 e. The smallest absolute Gasteiger partial charge is 0.0497 e. The van der Waals surface area contributed by atoms with Crippen LogP contribution >= 0.6 is 11.6 Å². The van der Waals surface area contributed by atoms with Crippen LogP contribution in [0.5, 0.6) is 0 Å². The van der Waals surface area contributed by atoms with Crippen LogP contribution in [0.15, 0.2) is 24.4 Å². The van der Waals surface area contributed by atoms with Gasteiger partial charge in [-0.25, -0.2) is 0 Å². The van der Waals surface area contributed by atoms with Crippen LogP contribution in [0.3, 0.4) is 0 Å². The molecule has 0 aliphatic rings. The Hall–Kier alpha value is -0.990. The third kappa shape index (κ3) is 2.08. The number of hydrogen-bond acceptors (Lipinski definition) is 1. The van der Waals surface area contributed by atoms with Gasteiger partial charge >= 0.3 is 0 Å². The van der Waals surface area contributed by atoms with Crippen molar-refractivity contribution in [1.29, 1.82) is 0 Å². The van der Waals surface area contributed by atoms with Crippen molar-refractivity contribution in [2.24, 2.45) is 5.73 Å². The SMILES string of the molecule is CCn1cc(CC(C)N)c2ccc(Cl)cc21. The molecular weight excluding hydrogens is 220 g/mol. The van der Waals surface area contributed by atoms with Gasteiger partial charge in [-0.2, -0.15) is 0 Å². The molecule has 0 spiro atoms. The van der Waals surface area contributed by atoms with Crippen molar-refractivity contribution in [1.82, 2.24) is 4.57 Å². The zero-order valence-electron chi connectivity index (χ0n) is 9.70. The second-order valence-corrected chi connectivity index (χ2v) is 4.72. The van der Waals surface area contributed by atoms with Crippen LogP contribution in [0.1, 0.15) is 19.4 Å². The van der Waals surface area contributed by atoms with Crippen molar-refractivity contribution in [2.75, 3.05) is 0 Å². The number of hydrogen-bond donors (Lipinski definition) is 1. The first-order chi connectivity index (χ1) is 7.61. The molecule has 2 rings (SSSR count). The van der Waals surface area contributed by atoms with Crippen LogP contribution in [0, 0.1) is 0 Å². The maximum absolute atomic E-state index is 6.02. The number of nitrogens with zero attached hydrogens (tertiary/aromatic N) is 1. The molecule has 0 saturated heterocycles. The molecule has 0 aliphatic carbocycles. The quantitative estimate of drug-likeness (QED) is 0.872. The molecule has 0 fully saturated rings. The highest BCUT2D eigenvalue weighted by molar-refractivity contribution is 6.31. The number of benzene rings is 1. The summed E-state index contributed by atoms with van der Waals surface area (Å²) in [4.78, 5) is 0. The van der Waals surface area contributed by atoms with Gasteiger partial charge in [-0.05, 0) is 38.0 Å². The molecule has 0 aliphatic heterocycles. The number of halogens is 1. The number of aryl methyl sites for hydroxylation is 1. The molecule has 2 N–H and O–H groups in total. The molecule has 1 heterocycles. The highest BCUT2D eigenvalue weighted by atomic mass is 35.5. The van der Waals surface area contributed by atoms with Gasteiger partial charge in [-0.1, -0.05) is 17.7 Å². The van der Waals surface area contributed by atoms with E-state index >= 15 is 0 Å². The van der Waals surface area contributed by atoms with Gasteiger partial charge in [0.2, 0.25) is 0 Å². The highest BCUT2D eigenvalue weighted by Gasteiger charge is 2.09. The van der Waals surface area contributed by atoms with Gasteiger partial charge < -0.3 is 10.3 Å². The fourth-order valence-electron chi connectivity index (χ4n) is 2.11. The van der Waals surface area contributed by atoms with Crippen molar-refractivity contribution in [2.45, 2.75) is 32.9 Å². The fourth-order valence-corrected chi connectivity index (χ4v) is 2.28. The Morgan fingerprint density at radius 1 is 1.44 bits per heavy atom. The van der Waals surface area contributed by atoms with Crippen molar-refractivity contribution in [3.05, 3.63) is 35.0 Å². The summed E-state index contributed by atoms with van der Waals surface area (Å²) in [5, 5.41) is 2.05. The van der Waals surface area contributed by atoms with Gasteiger partial charge in [-0.3, -0.25) is 0 Å². The molecule has 1 aromatic heterocycles. The predicted octanol–water partition coefficient (Wildman–Crippen LogP) is 3.20. The molecule has 0 saturated carbocycles. The lowest BCUT2D eigenvalue weighted by Crippen LogP contribution is -2.17. The van der Waals surface area contributed by atoms with E-state index in [1.54, 1.807) is 0 Å². The lowest BCUT2D eigenvalue weighted by molar-refractivity contribution is 0.731. The third-order valence-electron chi connectivity index (χ3n) is 2.81. The number of aromatic nitrogens is 1. The van der Waals surface area contributed by atoms with Crippen molar-refractivity contribution in [3.8, 4) is 0 Å². The van der Waals surface area contributed by atoms with E-state index < -0.39 is 0 Å². The van der Waals surface area contributed by atoms with Gasteiger partial charge in [0.1, 0.15) is 0 Å². The number of nitrogens with two attached hydrogens (primary N) is 1. The topological polar surface area (TPSA) is 30.9 Å². The van der Waals surface area contributed by atoms with E-state index in [2.05, 4.69) is 23.8 Å². The molecule has 0 radical (unpaired) electrons. The Bertz CT molecular complexity index is 500. The Kier molecular flexibility index (Phi) is 3.22. The standard InChI is InChI=1S/C13H17ClN2/c1-3-16-8-10(6-9(2)15)12-5-4-11(14)7-13(12)16/h4-5,7-9H,3,6,15H2,1-2H3. The fraction of sp³-hybridized carbons (Fsp3) is 0.385. The van der Waals surface area contributed by atoms with Crippen molar-refractivity contribution < 1.29 is 0 Å². The average molecular weight is 237 g/mol. The van der Waals surface area contributed by atoms with Crippen LogP contribution in [-0.2, 0) is 13.0 Å². The summed E-state index contributed by atoms with van der Waals surface area (Å²) in [5.74, 6) is 0. The summed E-state index contributed by atoms with van der Waals surface area (Å²) in [6, 6.07) is 6.23. The van der Waals surface area contributed by atoms with Crippen molar-refractivity contribution in [3.63, 3.8) is 0 Å². The van der Waals surface area contributed by atoms with E-state index in [1.807, 2.05) is 19.1 Å². The van der Waals surface area contributed by atoms with E-state index in [9.17, 15) is 0 Å². The first kappa shape index (κ1) is 11.5. The minimum absolute atomic E-state index is 0.187. The molecule has 16 heavy (non-hydrogen) atoms. The monoisotopic (exact) mass is 236 g/mol. The Labute approximate surface area is 101 Å². The van der Waals surface area contributed by atoms with E-state index in [0.29, 0.717) is 0 Å². The summed E-state index contributed by atoms with van der Waals surface area (Å²) in [7, 11) is 0. The molecular formula is C13H17ClN2. The predicted molar refractivity (Wildman–Crippen MR) is 70.0 cm³/mol. The molecule has 86 valence electrons. The lowest BCUT2D eigenvalue weighted by Gasteiger charge is -2.02. The summed E-state index contributed by atoms with van der Waals surface area (Å²) in [6.07, 6.45) is 3.09. The largest absolute Gasteiger partial charge is 0.347 e. The second kappa shape index (κ2) is 4.48. The molecule has 2 nitrogen and oxygen atoms in total. The molecule has 0 bridgehead atoms. The zero-order valence-corrected chi connectivity index (χ0v) is 10.5. The summed E-state index contributed by atoms with van der Waals surface area (Å²) < 4.78 is 2.22. The maximum atomic E-state index is 6.02. The molecule has 0 amide bonds. The van der Waals surface area contributed by atoms with Crippen LogP contribution in [-0.4, -0.2) is 10.6 Å². The highest BCUT2D eigenvalue weighted by Crippen LogP contribution is 2.25. The average Bonchev–Trinajstić information content (AvgIpc) is 2.55. The minimum atomic E-state index is 0.187. The van der Waals surface area contributed by atoms with Gasteiger partial charge in [0.25, 0.3) is 0 Å². The second-order valence-electron chi connectivity index (χ2n) is 4.28.